The van der Waals surface area contributed by atoms with Crippen molar-refractivity contribution in [2.75, 3.05) is 5.43 Å². The van der Waals surface area contributed by atoms with Gasteiger partial charge in [0.1, 0.15) is 5.69 Å². The van der Waals surface area contributed by atoms with Crippen LogP contribution in [-0.2, 0) is 10.2 Å². The van der Waals surface area contributed by atoms with Gasteiger partial charge in [-0.2, -0.15) is 0 Å². The van der Waals surface area contributed by atoms with Gasteiger partial charge in [-0.05, 0) is 17.0 Å². The molecule has 0 aliphatic carbocycles. The van der Waals surface area contributed by atoms with Crippen molar-refractivity contribution in [3.05, 3.63) is 101 Å². The maximum atomic E-state index is 13.0. The van der Waals surface area contributed by atoms with Crippen LogP contribution in [0, 0.1) is 0 Å². The van der Waals surface area contributed by atoms with E-state index in [0.717, 1.165) is 21.3 Å². The lowest BCUT2D eigenvalue weighted by molar-refractivity contribution is -0.118. The first kappa shape index (κ1) is 19.6. The van der Waals surface area contributed by atoms with Crippen LogP contribution in [0.4, 0.5) is 0 Å². The Balaban J connectivity index is 1.70. The number of nitrogens with one attached hydrogen (secondary N) is 1. The van der Waals surface area contributed by atoms with Gasteiger partial charge in [-0.25, -0.2) is 5.43 Å². The fraction of sp³-hybridized carbons (Fsp3) is 0.160. The molecular formula is C25H23N3O2. The molecule has 0 saturated carbocycles. The number of rotatable bonds is 5. The Hall–Kier alpha value is -3.73. The summed E-state index contributed by atoms with van der Waals surface area (Å²) in [5.41, 5.74) is 4.54. The van der Waals surface area contributed by atoms with Crippen molar-refractivity contribution in [2.24, 2.45) is 0 Å². The molecule has 0 radical (unpaired) electrons. The number of carbonyl (C=O) groups excluding carboxylic acids is 1. The van der Waals surface area contributed by atoms with Crippen molar-refractivity contribution in [1.82, 2.24) is 9.89 Å². The van der Waals surface area contributed by atoms with E-state index in [0.29, 0.717) is 11.1 Å². The lowest BCUT2D eigenvalue weighted by Crippen LogP contribution is -2.38. The molecule has 1 amide bonds. The highest BCUT2D eigenvalue weighted by atomic mass is 16.2. The largest absolute Gasteiger partial charge is 0.294 e. The van der Waals surface area contributed by atoms with Gasteiger partial charge in [0, 0.05) is 17.4 Å². The third kappa shape index (κ3) is 3.87. The normalized spacial score (nSPS) is 11.4. The zero-order valence-electron chi connectivity index (χ0n) is 17.0. The molecule has 30 heavy (non-hydrogen) atoms. The lowest BCUT2D eigenvalue weighted by atomic mass is 9.81. The third-order valence-electron chi connectivity index (χ3n) is 5.24. The van der Waals surface area contributed by atoms with Crippen molar-refractivity contribution >= 4 is 16.7 Å². The molecule has 5 heteroatoms. The predicted octanol–water partition coefficient (Wildman–Crippen LogP) is 4.50. The molecule has 0 bridgehead atoms. The molecule has 0 spiro atoms. The second kappa shape index (κ2) is 7.95. The van der Waals surface area contributed by atoms with Gasteiger partial charge in [-0.15, -0.1) is 9.89 Å². The highest BCUT2D eigenvalue weighted by Crippen LogP contribution is 2.27. The predicted molar refractivity (Wildman–Crippen MR) is 120 cm³/mol. The molecule has 0 aliphatic heterocycles. The Morgan fingerprint density at radius 2 is 1.43 bits per heavy atom. The standard InChI is InChI=1S/C25H23N3O2/c1-25(2,19-13-7-4-8-14-19)17-22(29)26-28-24(30)21-16-10-9-15-20(21)23(27-28)18-11-5-3-6-12-18/h3-16H,17H2,1-2H3,(H,26,29). The van der Waals surface area contributed by atoms with Crippen LogP contribution in [0.5, 0.6) is 0 Å². The van der Waals surface area contributed by atoms with Crippen LogP contribution >= 0.6 is 0 Å². The van der Waals surface area contributed by atoms with E-state index in [1.54, 1.807) is 6.07 Å². The SMILES string of the molecule is CC(C)(CC(=O)Nn1nc(-c2ccccc2)c2ccccc2c1=O)c1ccccc1. The number of hydrogen-bond donors (Lipinski definition) is 1. The van der Waals surface area contributed by atoms with E-state index in [1.165, 1.54) is 0 Å². The molecule has 0 aliphatic rings. The summed E-state index contributed by atoms with van der Waals surface area (Å²) in [4.78, 5) is 26.9. The summed E-state index contributed by atoms with van der Waals surface area (Å²) in [6, 6.07) is 26.8. The summed E-state index contributed by atoms with van der Waals surface area (Å²) >= 11 is 0. The molecule has 150 valence electrons. The molecule has 0 fully saturated rings. The Morgan fingerprint density at radius 1 is 0.867 bits per heavy atom. The van der Waals surface area contributed by atoms with Gasteiger partial charge in [-0.3, -0.25) is 9.59 Å². The monoisotopic (exact) mass is 397 g/mol. The number of amides is 1. The lowest BCUT2D eigenvalue weighted by Gasteiger charge is -2.24. The average molecular weight is 397 g/mol. The van der Waals surface area contributed by atoms with Crippen molar-refractivity contribution in [2.45, 2.75) is 25.7 Å². The minimum Gasteiger partial charge on any atom is -0.273 e. The summed E-state index contributed by atoms with van der Waals surface area (Å²) in [5.74, 6) is -0.271. The van der Waals surface area contributed by atoms with E-state index >= 15 is 0 Å². The van der Waals surface area contributed by atoms with Gasteiger partial charge >= 0.3 is 0 Å². The molecule has 1 N–H and O–H groups in total. The van der Waals surface area contributed by atoms with E-state index in [1.807, 2.05) is 92.7 Å². The Kier molecular flexibility index (Phi) is 5.19. The van der Waals surface area contributed by atoms with Crippen LogP contribution in [0.15, 0.2) is 89.7 Å². The highest BCUT2D eigenvalue weighted by Gasteiger charge is 2.25. The molecule has 4 rings (SSSR count). The van der Waals surface area contributed by atoms with Gasteiger partial charge in [0.15, 0.2) is 0 Å². The summed E-state index contributed by atoms with van der Waals surface area (Å²) < 4.78 is 0. The van der Waals surface area contributed by atoms with Crippen LogP contribution in [0.2, 0.25) is 0 Å². The molecule has 0 unspecified atom stereocenters. The number of benzene rings is 3. The number of carbonyl (C=O) groups is 1. The summed E-state index contributed by atoms with van der Waals surface area (Å²) in [6.45, 7) is 4.02. The quantitative estimate of drug-likeness (QED) is 0.539. The summed E-state index contributed by atoms with van der Waals surface area (Å²) in [7, 11) is 0. The van der Waals surface area contributed by atoms with Crippen LogP contribution in [0.1, 0.15) is 25.8 Å². The molecule has 1 aromatic heterocycles. The third-order valence-corrected chi connectivity index (χ3v) is 5.24. The number of fused-ring (bicyclic) bond motifs is 1. The van der Waals surface area contributed by atoms with Gasteiger partial charge in [0.25, 0.3) is 5.56 Å². The first-order chi connectivity index (χ1) is 14.5. The number of aromatic nitrogens is 2. The molecule has 3 aromatic carbocycles. The summed E-state index contributed by atoms with van der Waals surface area (Å²) in [6.07, 6.45) is 0.221. The topological polar surface area (TPSA) is 64.0 Å². The van der Waals surface area contributed by atoms with Gasteiger partial charge in [0.2, 0.25) is 5.91 Å². The van der Waals surface area contributed by atoms with Crippen molar-refractivity contribution in [1.29, 1.82) is 0 Å². The van der Waals surface area contributed by atoms with Gasteiger partial charge in [0.05, 0.1) is 5.39 Å². The van der Waals surface area contributed by atoms with Crippen LogP contribution < -0.4 is 11.0 Å². The Labute approximate surface area is 175 Å². The van der Waals surface area contributed by atoms with Crippen LogP contribution in [0.25, 0.3) is 22.0 Å². The van der Waals surface area contributed by atoms with Crippen molar-refractivity contribution in [3.8, 4) is 11.3 Å². The van der Waals surface area contributed by atoms with Crippen LogP contribution in [0.3, 0.4) is 0 Å². The summed E-state index contributed by atoms with van der Waals surface area (Å²) in [5, 5.41) is 5.75. The number of hydrogen-bond acceptors (Lipinski definition) is 3. The van der Waals surface area contributed by atoms with Crippen molar-refractivity contribution < 1.29 is 4.79 Å². The fourth-order valence-electron chi connectivity index (χ4n) is 3.62. The Bertz CT molecular complexity index is 1250. The molecule has 0 atom stereocenters. The zero-order valence-corrected chi connectivity index (χ0v) is 17.0. The minimum atomic E-state index is -0.381. The van der Waals surface area contributed by atoms with Gasteiger partial charge in [-0.1, -0.05) is 92.7 Å². The van der Waals surface area contributed by atoms with E-state index < -0.39 is 0 Å². The minimum absolute atomic E-state index is 0.221. The molecular weight excluding hydrogens is 374 g/mol. The van der Waals surface area contributed by atoms with E-state index in [4.69, 9.17) is 0 Å². The first-order valence-electron chi connectivity index (χ1n) is 9.88. The second-order valence-corrected chi connectivity index (χ2v) is 7.94. The number of nitrogens with zero attached hydrogens (tertiary/aromatic N) is 2. The second-order valence-electron chi connectivity index (χ2n) is 7.94. The first-order valence-corrected chi connectivity index (χ1v) is 9.88. The Morgan fingerprint density at radius 3 is 2.10 bits per heavy atom. The molecule has 0 saturated heterocycles. The van der Waals surface area contributed by atoms with Gasteiger partial charge < -0.3 is 0 Å². The molecule has 4 aromatic rings. The fourth-order valence-corrected chi connectivity index (χ4v) is 3.62. The maximum Gasteiger partial charge on any atom is 0.294 e. The average Bonchev–Trinajstić information content (AvgIpc) is 2.76. The molecule has 1 heterocycles. The smallest absolute Gasteiger partial charge is 0.273 e. The van der Waals surface area contributed by atoms with E-state index in [9.17, 15) is 9.59 Å². The maximum absolute atomic E-state index is 13.0. The highest BCUT2D eigenvalue weighted by molar-refractivity contribution is 5.94. The van der Waals surface area contributed by atoms with Crippen molar-refractivity contribution in [3.63, 3.8) is 0 Å². The molecule has 5 nitrogen and oxygen atoms in total. The van der Waals surface area contributed by atoms with E-state index in [-0.39, 0.29) is 23.3 Å². The zero-order chi connectivity index (χ0) is 21.1. The van der Waals surface area contributed by atoms with Crippen LogP contribution in [-0.4, -0.2) is 15.8 Å². The van der Waals surface area contributed by atoms with E-state index in [2.05, 4.69) is 10.5 Å².